The van der Waals surface area contributed by atoms with Crippen LogP contribution in [0.15, 0.2) is 24.3 Å². The molecule has 1 aromatic rings. The minimum Gasteiger partial charge on any atom is -0.351 e. The van der Waals surface area contributed by atoms with Crippen molar-refractivity contribution in [2.45, 2.75) is 12.8 Å². The Morgan fingerprint density at radius 2 is 1.96 bits per heavy atom. The van der Waals surface area contributed by atoms with Gasteiger partial charge in [-0.1, -0.05) is 0 Å². The minimum absolute atomic E-state index is 0.174. The van der Waals surface area contributed by atoms with E-state index in [-0.39, 0.29) is 22.8 Å². The van der Waals surface area contributed by atoms with E-state index in [0.717, 1.165) is 6.42 Å². The predicted molar refractivity (Wildman–Crippen MR) is 87.8 cm³/mol. The van der Waals surface area contributed by atoms with Gasteiger partial charge < -0.3 is 16.0 Å². The maximum atomic E-state index is 12.8. The van der Waals surface area contributed by atoms with Gasteiger partial charge in [0.2, 0.25) is 5.91 Å². The SMILES string of the molecule is NC(=O)N1CCC[C@H](C(=O)NNC(=S)Nc2ccc(F)cc2)C1. The molecule has 1 heterocycles. The molecule has 2 rings (SSSR count). The first kappa shape index (κ1) is 16.9. The molecule has 1 fully saturated rings. The van der Waals surface area contributed by atoms with Crippen molar-refractivity contribution in [1.82, 2.24) is 15.8 Å². The number of hydrogen-bond donors (Lipinski definition) is 4. The number of likely N-dealkylation sites (tertiary alicyclic amines) is 1. The Hall–Kier alpha value is -2.42. The van der Waals surface area contributed by atoms with Crippen LogP contribution in [0.5, 0.6) is 0 Å². The number of benzene rings is 1. The molecule has 0 aliphatic carbocycles. The number of hydrazine groups is 1. The Morgan fingerprint density at radius 1 is 1.26 bits per heavy atom. The third-order valence-electron chi connectivity index (χ3n) is 3.51. The first-order valence-corrected chi connectivity index (χ1v) is 7.53. The number of piperidine rings is 1. The molecule has 23 heavy (non-hydrogen) atoms. The number of halogens is 1. The normalized spacial score (nSPS) is 17.3. The number of nitrogens with zero attached hydrogens (tertiary/aromatic N) is 1. The highest BCUT2D eigenvalue weighted by Crippen LogP contribution is 2.16. The van der Waals surface area contributed by atoms with Crippen LogP contribution < -0.4 is 21.9 Å². The van der Waals surface area contributed by atoms with Crippen molar-refractivity contribution in [2.75, 3.05) is 18.4 Å². The lowest BCUT2D eigenvalue weighted by atomic mass is 9.98. The van der Waals surface area contributed by atoms with Crippen LogP contribution in [0, 0.1) is 11.7 Å². The molecule has 0 aromatic heterocycles. The van der Waals surface area contributed by atoms with E-state index in [1.165, 1.54) is 29.2 Å². The van der Waals surface area contributed by atoms with Crippen molar-refractivity contribution in [3.8, 4) is 0 Å². The summed E-state index contributed by atoms with van der Waals surface area (Å²) in [6, 6.07) is 5.12. The number of anilines is 1. The third kappa shape index (κ3) is 5.06. The van der Waals surface area contributed by atoms with Crippen molar-refractivity contribution in [3.63, 3.8) is 0 Å². The van der Waals surface area contributed by atoms with Gasteiger partial charge in [0, 0.05) is 18.8 Å². The zero-order chi connectivity index (χ0) is 16.8. The fourth-order valence-corrected chi connectivity index (χ4v) is 2.48. The fraction of sp³-hybridized carbons (Fsp3) is 0.357. The molecule has 7 nitrogen and oxygen atoms in total. The number of nitrogens with one attached hydrogen (secondary N) is 3. The molecule has 5 N–H and O–H groups in total. The second-order valence-electron chi connectivity index (χ2n) is 5.20. The van der Waals surface area contributed by atoms with Gasteiger partial charge >= 0.3 is 6.03 Å². The molecule has 3 amide bonds. The molecule has 0 saturated carbocycles. The summed E-state index contributed by atoms with van der Waals surface area (Å²) < 4.78 is 12.8. The van der Waals surface area contributed by atoms with E-state index >= 15 is 0 Å². The van der Waals surface area contributed by atoms with Gasteiger partial charge in [0.05, 0.1) is 5.92 Å². The number of carbonyl (C=O) groups is 2. The van der Waals surface area contributed by atoms with E-state index in [2.05, 4.69) is 16.2 Å². The molecule has 1 aliphatic heterocycles. The van der Waals surface area contributed by atoms with Crippen LogP contribution in [0.3, 0.4) is 0 Å². The van der Waals surface area contributed by atoms with E-state index < -0.39 is 6.03 Å². The van der Waals surface area contributed by atoms with Crippen molar-refractivity contribution < 1.29 is 14.0 Å². The van der Waals surface area contributed by atoms with Crippen LogP contribution in [0.1, 0.15) is 12.8 Å². The summed E-state index contributed by atoms with van der Waals surface area (Å²) in [6.07, 6.45) is 1.40. The Kier molecular flexibility index (Phi) is 5.69. The van der Waals surface area contributed by atoms with E-state index in [0.29, 0.717) is 25.2 Å². The number of amides is 3. The lowest BCUT2D eigenvalue weighted by molar-refractivity contribution is -0.126. The summed E-state index contributed by atoms with van der Waals surface area (Å²) in [7, 11) is 0. The summed E-state index contributed by atoms with van der Waals surface area (Å²) in [5.41, 5.74) is 10.9. The topological polar surface area (TPSA) is 99.5 Å². The second-order valence-corrected chi connectivity index (χ2v) is 5.61. The Bertz CT molecular complexity index is 595. The lowest BCUT2D eigenvalue weighted by Crippen LogP contribution is -2.51. The molecule has 1 atom stereocenters. The number of urea groups is 1. The maximum absolute atomic E-state index is 12.8. The predicted octanol–water partition coefficient (Wildman–Crippen LogP) is 0.934. The highest BCUT2D eigenvalue weighted by atomic mass is 32.1. The molecule has 124 valence electrons. The largest absolute Gasteiger partial charge is 0.351 e. The van der Waals surface area contributed by atoms with E-state index in [9.17, 15) is 14.0 Å². The van der Waals surface area contributed by atoms with E-state index in [1.807, 2.05) is 0 Å². The number of carbonyl (C=O) groups excluding carboxylic acids is 2. The van der Waals surface area contributed by atoms with Crippen LogP contribution >= 0.6 is 12.2 Å². The summed E-state index contributed by atoms with van der Waals surface area (Å²) in [6.45, 7) is 0.859. The lowest BCUT2D eigenvalue weighted by Gasteiger charge is -2.30. The molecule has 0 radical (unpaired) electrons. The molecule has 1 aromatic carbocycles. The highest BCUT2D eigenvalue weighted by molar-refractivity contribution is 7.80. The van der Waals surface area contributed by atoms with Crippen molar-refractivity contribution in [1.29, 1.82) is 0 Å². The molecular weight excluding hydrogens is 321 g/mol. The Labute approximate surface area is 138 Å². The van der Waals surface area contributed by atoms with Crippen LogP contribution in [0.2, 0.25) is 0 Å². The fourth-order valence-electron chi connectivity index (χ4n) is 2.31. The van der Waals surface area contributed by atoms with Gasteiger partial charge in [0.1, 0.15) is 5.82 Å². The first-order valence-electron chi connectivity index (χ1n) is 7.12. The van der Waals surface area contributed by atoms with Gasteiger partial charge in [0.25, 0.3) is 0 Å². The molecule has 0 unspecified atom stereocenters. The van der Waals surface area contributed by atoms with Crippen LogP contribution in [0.25, 0.3) is 0 Å². The third-order valence-corrected chi connectivity index (χ3v) is 3.71. The number of rotatable bonds is 2. The zero-order valence-electron chi connectivity index (χ0n) is 12.3. The summed E-state index contributed by atoms with van der Waals surface area (Å²) in [5.74, 6) is -0.949. The average molecular weight is 339 g/mol. The van der Waals surface area contributed by atoms with Crippen LogP contribution in [0.4, 0.5) is 14.9 Å². The van der Waals surface area contributed by atoms with Gasteiger partial charge in [-0.25, -0.2) is 9.18 Å². The number of hydrogen-bond acceptors (Lipinski definition) is 3. The zero-order valence-corrected chi connectivity index (χ0v) is 13.2. The van der Waals surface area contributed by atoms with Crippen LogP contribution in [-0.4, -0.2) is 35.0 Å². The molecule has 0 bridgehead atoms. The van der Waals surface area contributed by atoms with Crippen LogP contribution in [-0.2, 0) is 4.79 Å². The van der Waals surface area contributed by atoms with Gasteiger partial charge in [0.15, 0.2) is 5.11 Å². The van der Waals surface area contributed by atoms with Gasteiger partial charge in [-0.15, -0.1) is 0 Å². The standard InChI is InChI=1S/C14H18FN5O2S/c15-10-3-5-11(6-4-10)17-14(23)19-18-12(21)9-2-1-7-20(8-9)13(16)22/h3-6,9H,1-2,7-8H2,(H2,16,22)(H,18,21)(H2,17,19,23)/t9-/m0/s1. The molecule has 0 spiro atoms. The van der Waals surface area contributed by atoms with Gasteiger partial charge in [-0.2, -0.15) is 0 Å². The highest BCUT2D eigenvalue weighted by Gasteiger charge is 2.27. The Balaban J connectivity index is 1.78. The van der Waals surface area contributed by atoms with Crippen molar-refractivity contribution >= 4 is 35.0 Å². The summed E-state index contributed by atoms with van der Waals surface area (Å²) in [5, 5.41) is 2.98. The van der Waals surface area contributed by atoms with E-state index in [1.54, 1.807) is 0 Å². The molecule has 1 saturated heterocycles. The van der Waals surface area contributed by atoms with Crippen molar-refractivity contribution in [2.24, 2.45) is 11.7 Å². The van der Waals surface area contributed by atoms with Crippen molar-refractivity contribution in [3.05, 3.63) is 30.1 Å². The number of thiocarbonyl (C=S) groups is 1. The van der Waals surface area contributed by atoms with Gasteiger partial charge in [-0.05, 0) is 49.3 Å². The maximum Gasteiger partial charge on any atom is 0.314 e. The molecular formula is C14H18FN5O2S. The summed E-state index contributed by atoms with van der Waals surface area (Å²) >= 11 is 5.04. The quantitative estimate of drug-likeness (QED) is 0.475. The summed E-state index contributed by atoms with van der Waals surface area (Å²) in [4.78, 5) is 24.7. The number of nitrogens with two attached hydrogens (primary N) is 1. The molecule has 1 aliphatic rings. The second kappa shape index (κ2) is 7.73. The Morgan fingerprint density at radius 3 is 2.61 bits per heavy atom. The average Bonchev–Trinajstić information content (AvgIpc) is 2.55. The van der Waals surface area contributed by atoms with E-state index in [4.69, 9.17) is 18.0 Å². The smallest absolute Gasteiger partial charge is 0.314 e. The minimum atomic E-state index is -0.524. The molecule has 9 heteroatoms. The van der Waals surface area contributed by atoms with Gasteiger partial charge in [-0.3, -0.25) is 15.6 Å². The monoisotopic (exact) mass is 339 g/mol. The number of primary amides is 1. The first-order chi connectivity index (χ1) is 11.0.